The smallest absolute Gasteiger partial charge is 0.122 e. The fourth-order valence-corrected chi connectivity index (χ4v) is 2.87. The Labute approximate surface area is 119 Å². The zero-order chi connectivity index (χ0) is 14.2. The molecule has 1 N–H and O–H groups in total. The van der Waals surface area contributed by atoms with E-state index < -0.39 is 0 Å². The average Bonchev–Trinajstić information content (AvgIpc) is 2.86. The van der Waals surface area contributed by atoms with Crippen LogP contribution in [0.3, 0.4) is 0 Å². The van der Waals surface area contributed by atoms with Gasteiger partial charge < -0.3 is 14.8 Å². The van der Waals surface area contributed by atoms with Gasteiger partial charge in [0, 0.05) is 23.7 Å². The normalized spacial score (nSPS) is 20.1. The molecule has 0 aromatic heterocycles. The van der Waals surface area contributed by atoms with Crippen molar-refractivity contribution in [3.8, 4) is 11.5 Å². The highest BCUT2D eigenvalue weighted by atomic mass is 16.5. The van der Waals surface area contributed by atoms with Gasteiger partial charge in [-0.05, 0) is 36.2 Å². The van der Waals surface area contributed by atoms with E-state index in [-0.39, 0.29) is 5.41 Å². The van der Waals surface area contributed by atoms with Gasteiger partial charge in [0.05, 0.1) is 14.2 Å². The van der Waals surface area contributed by atoms with Crippen LogP contribution in [0, 0.1) is 0 Å². The lowest BCUT2D eigenvalue weighted by atomic mass is 9.78. The predicted molar refractivity (Wildman–Crippen MR) is 80.9 cm³/mol. The first-order chi connectivity index (χ1) is 9.67. The van der Waals surface area contributed by atoms with Gasteiger partial charge in [0.1, 0.15) is 11.5 Å². The van der Waals surface area contributed by atoms with Crippen LogP contribution in [-0.4, -0.2) is 20.8 Å². The van der Waals surface area contributed by atoms with Gasteiger partial charge in [-0.25, -0.2) is 0 Å². The second kappa shape index (κ2) is 4.75. The van der Waals surface area contributed by atoms with E-state index in [0.29, 0.717) is 0 Å². The van der Waals surface area contributed by atoms with E-state index in [0.717, 1.165) is 18.0 Å². The molecule has 1 aliphatic heterocycles. The lowest BCUT2D eigenvalue weighted by molar-refractivity contribution is 0.391. The fourth-order valence-electron chi connectivity index (χ4n) is 2.87. The van der Waals surface area contributed by atoms with Gasteiger partial charge >= 0.3 is 0 Å². The average molecular weight is 269 g/mol. The molecule has 0 radical (unpaired) electrons. The van der Waals surface area contributed by atoms with Crippen LogP contribution in [0.15, 0.2) is 42.5 Å². The molecule has 0 fully saturated rings. The summed E-state index contributed by atoms with van der Waals surface area (Å²) in [5.74, 6) is 1.65. The van der Waals surface area contributed by atoms with Crippen LogP contribution < -0.4 is 14.8 Å². The molecule has 2 aromatic carbocycles. The molecule has 1 atom stereocenters. The number of ether oxygens (including phenoxy) is 2. The van der Waals surface area contributed by atoms with Gasteiger partial charge in [-0.1, -0.05) is 18.2 Å². The van der Waals surface area contributed by atoms with E-state index >= 15 is 0 Å². The zero-order valence-corrected chi connectivity index (χ0v) is 12.1. The minimum absolute atomic E-state index is 0.0710. The Morgan fingerprint density at radius 1 is 1.00 bits per heavy atom. The summed E-state index contributed by atoms with van der Waals surface area (Å²) in [7, 11) is 3.36. The lowest BCUT2D eigenvalue weighted by Gasteiger charge is -2.26. The summed E-state index contributed by atoms with van der Waals surface area (Å²) in [4.78, 5) is 0. The first-order valence-corrected chi connectivity index (χ1v) is 6.74. The van der Waals surface area contributed by atoms with Crippen molar-refractivity contribution >= 4 is 5.69 Å². The Balaban J connectivity index is 2.13. The number of methoxy groups -OCH3 is 2. The van der Waals surface area contributed by atoms with Crippen molar-refractivity contribution in [2.24, 2.45) is 0 Å². The second-order valence-electron chi connectivity index (χ2n) is 5.33. The molecule has 0 saturated heterocycles. The van der Waals surface area contributed by atoms with Gasteiger partial charge in [-0.2, -0.15) is 0 Å². The number of nitrogens with one attached hydrogen (secondary N) is 1. The molecule has 0 aliphatic carbocycles. The molecule has 0 spiro atoms. The van der Waals surface area contributed by atoms with Crippen molar-refractivity contribution in [2.75, 3.05) is 26.1 Å². The first kappa shape index (κ1) is 12.9. The van der Waals surface area contributed by atoms with Crippen LogP contribution in [0.2, 0.25) is 0 Å². The molecule has 0 saturated carbocycles. The Kier molecular flexibility index (Phi) is 3.05. The van der Waals surface area contributed by atoms with Crippen molar-refractivity contribution in [3.05, 3.63) is 53.6 Å². The molecule has 0 bridgehead atoms. The number of para-hydroxylation sites is 1. The Morgan fingerprint density at radius 2 is 1.65 bits per heavy atom. The maximum Gasteiger partial charge on any atom is 0.122 e. The molecule has 2 aromatic rings. The van der Waals surface area contributed by atoms with Crippen LogP contribution in [0.5, 0.6) is 11.5 Å². The monoisotopic (exact) mass is 269 g/mol. The number of benzene rings is 2. The molecule has 1 heterocycles. The Bertz CT molecular complexity index is 616. The maximum atomic E-state index is 5.39. The molecule has 1 aliphatic rings. The molecule has 1 unspecified atom stereocenters. The third kappa shape index (κ3) is 1.90. The summed E-state index contributed by atoms with van der Waals surface area (Å²) < 4.78 is 10.8. The van der Waals surface area contributed by atoms with Crippen molar-refractivity contribution in [1.82, 2.24) is 0 Å². The topological polar surface area (TPSA) is 30.5 Å². The van der Waals surface area contributed by atoms with Crippen molar-refractivity contribution in [2.45, 2.75) is 12.3 Å². The summed E-state index contributed by atoms with van der Waals surface area (Å²) in [6.07, 6.45) is 0. The molecular weight excluding hydrogens is 250 g/mol. The fraction of sp³-hybridized carbons (Fsp3) is 0.294. The number of rotatable bonds is 3. The van der Waals surface area contributed by atoms with E-state index in [1.807, 2.05) is 6.07 Å². The van der Waals surface area contributed by atoms with Crippen LogP contribution in [0.4, 0.5) is 5.69 Å². The third-order valence-corrected chi connectivity index (χ3v) is 4.14. The lowest BCUT2D eigenvalue weighted by Crippen LogP contribution is -2.25. The van der Waals surface area contributed by atoms with Crippen molar-refractivity contribution in [3.63, 3.8) is 0 Å². The zero-order valence-electron chi connectivity index (χ0n) is 12.1. The molecular formula is C17H19NO2. The van der Waals surface area contributed by atoms with Crippen molar-refractivity contribution < 1.29 is 9.47 Å². The number of hydrogen-bond acceptors (Lipinski definition) is 3. The van der Waals surface area contributed by atoms with Crippen molar-refractivity contribution in [1.29, 1.82) is 0 Å². The van der Waals surface area contributed by atoms with Gasteiger partial charge in [-0.15, -0.1) is 0 Å². The van der Waals surface area contributed by atoms with Crippen LogP contribution >= 0.6 is 0 Å². The standard InChI is InChI=1S/C17H19NO2/c1-17(11-18-16-7-5-4-6-15(16)17)12-8-13(19-2)10-14(9-12)20-3/h4-10,18H,11H2,1-3H3. The first-order valence-electron chi connectivity index (χ1n) is 6.74. The predicted octanol–water partition coefficient (Wildman–Crippen LogP) is 3.44. The van der Waals surface area contributed by atoms with Crippen LogP contribution in [0.25, 0.3) is 0 Å². The van der Waals surface area contributed by atoms with E-state index in [1.165, 1.54) is 16.8 Å². The highest BCUT2D eigenvalue weighted by molar-refractivity contribution is 5.64. The Morgan fingerprint density at radius 3 is 2.30 bits per heavy atom. The van der Waals surface area contributed by atoms with E-state index in [1.54, 1.807) is 14.2 Å². The van der Waals surface area contributed by atoms with Gasteiger partial charge in [-0.3, -0.25) is 0 Å². The molecule has 3 rings (SSSR count). The van der Waals surface area contributed by atoms with E-state index in [4.69, 9.17) is 9.47 Å². The summed E-state index contributed by atoms with van der Waals surface area (Å²) in [6.45, 7) is 3.13. The summed E-state index contributed by atoms with van der Waals surface area (Å²) >= 11 is 0. The molecule has 3 nitrogen and oxygen atoms in total. The van der Waals surface area contributed by atoms with Gasteiger partial charge in [0.25, 0.3) is 0 Å². The van der Waals surface area contributed by atoms with Gasteiger partial charge in [0.15, 0.2) is 0 Å². The molecule has 104 valence electrons. The largest absolute Gasteiger partial charge is 0.497 e. The maximum absolute atomic E-state index is 5.39. The SMILES string of the molecule is COc1cc(OC)cc(C2(C)CNc3ccccc32)c1. The second-order valence-corrected chi connectivity index (χ2v) is 5.33. The highest BCUT2D eigenvalue weighted by Crippen LogP contribution is 2.43. The third-order valence-electron chi connectivity index (χ3n) is 4.14. The molecule has 0 amide bonds. The summed E-state index contributed by atoms with van der Waals surface area (Å²) in [5.41, 5.74) is 3.65. The molecule has 3 heteroatoms. The summed E-state index contributed by atoms with van der Waals surface area (Å²) in [6, 6.07) is 14.5. The Hall–Kier alpha value is -2.16. The minimum Gasteiger partial charge on any atom is -0.497 e. The van der Waals surface area contributed by atoms with Crippen LogP contribution in [-0.2, 0) is 5.41 Å². The number of anilines is 1. The van der Waals surface area contributed by atoms with Crippen LogP contribution in [0.1, 0.15) is 18.1 Å². The van der Waals surface area contributed by atoms with E-state index in [2.05, 4.69) is 48.6 Å². The summed E-state index contributed by atoms with van der Waals surface area (Å²) in [5, 5.41) is 3.48. The van der Waals surface area contributed by atoms with Gasteiger partial charge in [0.2, 0.25) is 0 Å². The number of fused-ring (bicyclic) bond motifs is 1. The molecule has 20 heavy (non-hydrogen) atoms. The van der Waals surface area contributed by atoms with E-state index in [9.17, 15) is 0 Å². The minimum atomic E-state index is -0.0710. The quantitative estimate of drug-likeness (QED) is 0.926. The highest BCUT2D eigenvalue weighted by Gasteiger charge is 2.36. The number of hydrogen-bond donors (Lipinski definition) is 1.